The zero-order chi connectivity index (χ0) is 31.8. The average Bonchev–Trinajstić information content (AvgIpc) is 3.67. The van der Waals surface area contributed by atoms with Gasteiger partial charge in [0, 0.05) is 14.1 Å². The number of hydrogen-bond donors (Lipinski definition) is 0. The van der Waals surface area contributed by atoms with Crippen LogP contribution in [-0.2, 0) is 27.2 Å². The van der Waals surface area contributed by atoms with Gasteiger partial charge in [0.1, 0.15) is 37.2 Å². The molecule has 0 radical (unpaired) electrons. The predicted octanol–water partition coefficient (Wildman–Crippen LogP) is 7.02. The SMILES string of the molecule is CN(C)S(=O)(=O)n1c(-c2ccc(COC(c3ccccc3)(c3ccccc3)c3ccccc3)o2)cnc1[Si](C)(C)C(C)(C)C. The Morgan fingerprint density at radius 1 is 0.795 bits per heavy atom. The summed E-state index contributed by atoms with van der Waals surface area (Å²) >= 11 is 0. The summed E-state index contributed by atoms with van der Waals surface area (Å²) in [7, 11) is -3.18. The van der Waals surface area contributed by atoms with E-state index in [1.807, 2.05) is 60.7 Å². The number of aromatic nitrogens is 2. The third-order valence-electron chi connectivity index (χ3n) is 8.73. The molecule has 0 bridgehead atoms. The van der Waals surface area contributed by atoms with Gasteiger partial charge < -0.3 is 9.15 Å². The zero-order valence-electron chi connectivity index (χ0n) is 26.5. The summed E-state index contributed by atoms with van der Waals surface area (Å²) in [4.78, 5) is 4.72. The Kier molecular flexibility index (Phi) is 8.61. The van der Waals surface area contributed by atoms with E-state index < -0.39 is 23.9 Å². The van der Waals surface area contributed by atoms with Crippen LogP contribution in [-0.4, -0.2) is 43.8 Å². The molecule has 5 aromatic rings. The number of furan rings is 1. The van der Waals surface area contributed by atoms with Crippen LogP contribution in [0.1, 0.15) is 43.2 Å². The van der Waals surface area contributed by atoms with Gasteiger partial charge in [-0.1, -0.05) is 125 Å². The van der Waals surface area contributed by atoms with Crippen molar-refractivity contribution in [2.45, 2.75) is 51.1 Å². The van der Waals surface area contributed by atoms with Gasteiger partial charge >= 0.3 is 10.2 Å². The van der Waals surface area contributed by atoms with Crippen LogP contribution < -0.4 is 5.45 Å². The lowest BCUT2D eigenvalue weighted by Gasteiger charge is -2.36. The molecule has 0 atom stereocenters. The monoisotopic (exact) mass is 627 g/mol. The van der Waals surface area contributed by atoms with E-state index in [0.717, 1.165) is 16.7 Å². The molecular formula is C35H41N3O4SSi. The maximum absolute atomic E-state index is 13.7. The van der Waals surface area contributed by atoms with Crippen molar-refractivity contribution in [2.75, 3.05) is 14.1 Å². The first-order valence-electron chi connectivity index (χ1n) is 14.7. The molecule has 0 saturated heterocycles. The van der Waals surface area contributed by atoms with Crippen LogP contribution in [0.15, 0.2) is 114 Å². The van der Waals surface area contributed by atoms with E-state index in [1.165, 1.54) is 22.4 Å². The quantitative estimate of drug-likeness (QED) is 0.123. The molecule has 0 fully saturated rings. The molecule has 9 heteroatoms. The molecule has 5 rings (SSSR count). The van der Waals surface area contributed by atoms with E-state index in [-0.39, 0.29) is 11.6 Å². The van der Waals surface area contributed by atoms with Gasteiger partial charge in [0.2, 0.25) is 0 Å². The smallest absolute Gasteiger partial charge is 0.308 e. The van der Waals surface area contributed by atoms with Gasteiger partial charge in [-0.2, -0.15) is 12.7 Å². The van der Waals surface area contributed by atoms with Crippen LogP contribution in [0.2, 0.25) is 18.1 Å². The molecule has 7 nitrogen and oxygen atoms in total. The van der Waals surface area contributed by atoms with E-state index in [9.17, 15) is 8.42 Å². The molecule has 0 aliphatic rings. The normalized spacial score (nSPS) is 13.0. The van der Waals surface area contributed by atoms with Gasteiger partial charge in [-0.3, -0.25) is 0 Å². The number of hydrogen-bond acceptors (Lipinski definition) is 5. The second-order valence-corrected chi connectivity index (χ2v) is 19.9. The van der Waals surface area contributed by atoms with Crippen LogP contribution in [0.25, 0.3) is 11.5 Å². The molecule has 0 amide bonds. The first-order chi connectivity index (χ1) is 20.8. The Morgan fingerprint density at radius 2 is 1.27 bits per heavy atom. The summed E-state index contributed by atoms with van der Waals surface area (Å²) in [6.07, 6.45) is 1.61. The fraction of sp³-hybridized carbons (Fsp3) is 0.286. The van der Waals surface area contributed by atoms with Gasteiger partial charge in [0.15, 0.2) is 5.76 Å². The molecule has 3 aromatic carbocycles. The second kappa shape index (κ2) is 12.0. The van der Waals surface area contributed by atoms with Crippen molar-refractivity contribution in [3.63, 3.8) is 0 Å². The number of imidazole rings is 1. The number of ether oxygens (including phenoxy) is 1. The maximum atomic E-state index is 13.7. The van der Waals surface area contributed by atoms with Crippen LogP contribution in [0.4, 0.5) is 0 Å². The Hall–Kier alpha value is -3.76. The summed E-state index contributed by atoms with van der Waals surface area (Å²) in [6, 6.07) is 34.1. The zero-order valence-corrected chi connectivity index (χ0v) is 28.3. The molecule has 44 heavy (non-hydrogen) atoms. The lowest BCUT2D eigenvalue weighted by molar-refractivity contribution is -0.00769. The minimum Gasteiger partial charge on any atom is -0.457 e. The maximum Gasteiger partial charge on any atom is 0.308 e. The highest BCUT2D eigenvalue weighted by Crippen LogP contribution is 2.41. The van der Waals surface area contributed by atoms with Crippen molar-refractivity contribution in [3.8, 4) is 11.5 Å². The highest BCUT2D eigenvalue weighted by atomic mass is 32.2. The summed E-state index contributed by atoms with van der Waals surface area (Å²) < 4.78 is 43.3. The summed E-state index contributed by atoms with van der Waals surface area (Å²) in [5.41, 5.74) is 3.02. The van der Waals surface area contributed by atoms with Gasteiger partial charge in [0.25, 0.3) is 0 Å². The molecule has 0 aliphatic carbocycles. The minimum atomic E-state index is -3.89. The molecule has 0 N–H and O–H groups in total. The van der Waals surface area contributed by atoms with Crippen molar-refractivity contribution >= 4 is 23.7 Å². The van der Waals surface area contributed by atoms with Gasteiger partial charge in [0.05, 0.1) is 6.20 Å². The standard InChI is InChI=1S/C35H41N3O4SSi/c1-34(2,3)44(6,7)33-36-25-31(38(33)43(39,40)37(4)5)32-24-23-30(42-32)26-41-35(27-17-11-8-12-18-27,28-19-13-9-14-20-28)29-21-15-10-16-22-29/h8-25H,26H2,1-7H3. The van der Waals surface area contributed by atoms with Gasteiger partial charge in [-0.15, -0.1) is 0 Å². The van der Waals surface area contributed by atoms with Gasteiger partial charge in [-0.25, -0.2) is 8.96 Å². The van der Waals surface area contributed by atoms with E-state index in [2.05, 4.69) is 70.3 Å². The minimum absolute atomic E-state index is 0.132. The van der Waals surface area contributed by atoms with Crippen molar-refractivity contribution in [3.05, 3.63) is 132 Å². The van der Waals surface area contributed by atoms with Crippen LogP contribution in [0.3, 0.4) is 0 Å². The molecular weight excluding hydrogens is 587 g/mol. The fourth-order valence-electron chi connectivity index (χ4n) is 5.19. The van der Waals surface area contributed by atoms with E-state index in [4.69, 9.17) is 14.1 Å². The number of rotatable bonds is 10. The molecule has 2 aromatic heterocycles. The Balaban J connectivity index is 1.59. The lowest BCUT2D eigenvalue weighted by atomic mass is 9.80. The van der Waals surface area contributed by atoms with Crippen molar-refractivity contribution in [2.24, 2.45) is 0 Å². The van der Waals surface area contributed by atoms with Crippen LogP contribution in [0.5, 0.6) is 0 Å². The molecule has 0 saturated carbocycles. The van der Waals surface area contributed by atoms with E-state index in [0.29, 0.717) is 22.7 Å². The molecule has 230 valence electrons. The number of nitrogens with zero attached hydrogens (tertiary/aromatic N) is 3. The average molecular weight is 628 g/mol. The molecule has 0 unspecified atom stereocenters. The summed E-state index contributed by atoms with van der Waals surface area (Å²) in [6.45, 7) is 10.9. The van der Waals surface area contributed by atoms with Crippen molar-refractivity contribution < 1.29 is 17.6 Å². The van der Waals surface area contributed by atoms with E-state index >= 15 is 0 Å². The Bertz CT molecular complexity index is 1710. The molecule has 0 spiro atoms. The predicted molar refractivity (Wildman–Crippen MR) is 179 cm³/mol. The van der Waals surface area contributed by atoms with Crippen LogP contribution in [0, 0.1) is 0 Å². The fourth-order valence-corrected chi connectivity index (χ4v) is 8.89. The Labute approximate surface area is 262 Å². The highest BCUT2D eigenvalue weighted by Gasteiger charge is 2.44. The largest absolute Gasteiger partial charge is 0.457 e. The third kappa shape index (κ3) is 5.61. The Morgan fingerprint density at radius 3 is 1.70 bits per heavy atom. The van der Waals surface area contributed by atoms with E-state index in [1.54, 1.807) is 12.3 Å². The van der Waals surface area contributed by atoms with Gasteiger partial charge in [-0.05, 0) is 33.9 Å². The topological polar surface area (TPSA) is 77.6 Å². The van der Waals surface area contributed by atoms with Crippen molar-refractivity contribution in [1.82, 2.24) is 13.3 Å². The first-order valence-corrected chi connectivity index (χ1v) is 19.1. The first kappa shape index (κ1) is 31.7. The second-order valence-electron chi connectivity index (χ2n) is 12.7. The lowest BCUT2D eigenvalue weighted by Crippen LogP contribution is -2.56. The summed E-state index contributed by atoms with van der Waals surface area (Å²) in [5, 5.41) is -0.132. The van der Waals surface area contributed by atoms with Crippen molar-refractivity contribution in [1.29, 1.82) is 0 Å². The third-order valence-corrected chi connectivity index (χ3v) is 15.9. The number of benzene rings is 3. The molecule has 0 aliphatic heterocycles. The van der Waals surface area contributed by atoms with Crippen LogP contribution >= 0.6 is 0 Å². The summed E-state index contributed by atoms with van der Waals surface area (Å²) in [5.74, 6) is 0.979. The molecule has 2 heterocycles. The highest BCUT2D eigenvalue weighted by molar-refractivity contribution is 7.87.